The number of benzene rings is 2. The molecule has 1 aliphatic rings. The molecule has 27 heavy (non-hydrogen) atoms. The maximum absolute atomic E-state index is 12.7. The van der Waals surface area contributed by atoms with E-state index in [1.54, 1.807) is 37.4 Å². The number of halogens is 2. The monoisotopic (exact) mass is 498 g/mol. The molecule has 0 saturated carbocycles. The van der Waals surface area contributed by atoms with E-state index in [1.165, 1.54) is 0 Å². The van der Waals surface area contributed by atoms with Gasteiger partial charge in [-0.15, -0.1) is 0 Å². The van der Waals surface area contributed by atoms with Crippen LogP contribution in [-0.4, -0.2) is 31.4 Å². The van der Waals surface area contributed by atoms with E-state index in [0.717, 1.165) is 14.0 Å². The first-order valence-electron chi connectivity index (χ1n) is 8.15. The third-order valence-corrected chi connectivity index (χ3v) is 4.92. The second-order valence-corrected chi connectivity index (χ2v) is 7.28. The Balaban J connectivity index is 1.87. The Labute approximate surface area is 175 Å². The highest BCUT2D eigenvalue weighted by Crippen LogP contribution is 2.34. The highest BCUT2D eigenvalue weighted by atomic mass is 127. The predicted molar refractivity (Wildman–Crippen MR) is 112 cm³/mol. The molecular formula is C19H16ClIN2O4. The molecule has 0 aliphatic carbocycles. The summed E-state index contributed by atoms with van der Waals surface area (Å²) in [5.41, 5.74) is 1.37. The molecule has 0 saturated heterocycles. The molecule has 1 heterocycles. The van der Waals surface area contributed by atoms with E-state index in [1.807, 2.05) is 13.0 Å². The number of rotatable bonds is 6. The standard InChI is InChI=1S/C19H16ClIN2O4/c1-3-27-16-9-11(7-14(21)17(16)26-2)8-15-18(24)23(19(25)22-15)13-6-4-5-12(20)10-13/h4-7,9-10H,3,8H2,1-2H3. The summed E-state index contributed by atoms with van der Waals surface area (Å²) in [5.74, 6) is 0.773. The third kappa shape index (κ3) is 4.08. The van der Waals surface area contributed by atoms with Gasteiger partial charge < -0.3 is 9.47 Å². The highest BCUT2D eigenvalue weighted by Gasteiger charge is 2.34. The smallest absolute Gasteiger partial charge is 0.355 e. The van der Waals surface area contributed by atoms with Crippen molar-refractivity contribution in [3.05, 3.63) is 50.6 Å². The van der Waals surface area contributed by atoms with Crippen molar-refractivity contribution in [2.75, 3.05) is 18.6 Å². The lowest BCUT2D eigenvalue weighted by Gasteiger charge is -2.14. The number of anilines is 1. The molecule has 1 aliphatic heterocycles. The molecule has 0 bridgehead atoms. The van der Waals surface area contributed by atoms with Crippen LogP contribution in [0.3, 0.4) is 0 Å². The minimum absolute atomic E-state index is 0.170. The number of aliphatic imine (C=N–C) groups is 1. The molecule has 140 valence electrons. The van der Waals surface area contributed by atoms with Crippen molar-refractivity contribution in [3.63, 3.8) is 0 Å². The van der Waals surface area contributed by atoms with Crippen LogP contribution in [0, 0.1) is 3.57 Å². The first-order chi connectivity index (χ1) is 12.9. The molecule has 0 radical (unpaired) electrons. The van der Waals surface area contributed by atoms with Gasteiger partial charge in [0, 0.05) is 11.4 Å². The molecule has 2 aromatic rings. The van der Waals surface area contributed by atoms with Gasteiger partial charge >= 0.3 is 6.03 Å². The molecule has 6 nitrogen and oxygen atoms in total. The van der Waals surface area contributed by atoms with Gasteiger partial charge in [0.25, 0.3) is 5.91 Å². The Morgan fingerprint density at radius 2 is 2.00 bits per heavy atom. The van der Waals surface area contributed by atoms with E-state index in [0.29, 0.717) is 28.8 Å². The molecule has 0 unspecified atom stereocenters. The fraction of sp³-hybridized carbons (Fsp3) is 0.211. The van der Waals surface area contributed by atoms with Crippen LogP contribution in [0.5, 0.6) is 11.5 Å². The minimum Gasteiger partial charge on any atom is -0.492 e. The number of urea groups is 1. The second-order valence-electron chi connectivity index (χ2n) is 5.68. The summed E-state index contributed by atoms with van der Waals surface area (Å²) in [5, 5.41) is 0.438. The van der Waals surface area contributed by atoms with Gasteiger partial charge in [0.15, 0.2) is 11.5 Å². The zero-order valence-electron chi connectivity index (χ0n) is 14.7. The highest BCUT2D eigenvalue weighted by molar-refractivity contribution is 14.1. The van der Waals surface area contributed by atoms with Gasteiger partial charge in [0.1, 0.15) is 5.71 Å². The van der Waals surface area contributed by atoms with Crippen LogP contribution in [-0.2, 0) is 11.2 Å². The molecule has 3 amide bonds. The van der Waals surface area contributed by atoms with Crippen LogP contribution in [0.4, 0.5) is 10.5 Å². The number of carbonyl (C=O) groups is 2. The van der Waals surface area contributed by atoms with E-state index in [4.69, 9.17) is 21.1 Å². The van der Waals surface area contributed by atoms with E-state index in [-0.39, 0.29) is 12.1 Å². The van der Waals surface area contributed by atoms with Gasteiger partial charge in [-0.2, -0.15) is 4.99 Å². The zero-order valence-corrected chi connectivity index (χ0v) is 17.6. The summed E-state index contributed by atoms with van der Waals surface area (Å²) in [6.45, 7) is 2.36. The number of hydrogen-bond donors (Lipinski definition) is 0. The van der Waals surface area contributed by atoms with Crippen LogP contribution >= 0.6 is 34.2 Å². The van der Waals surface area contributed by atoms with E-state index in [9.17, 15) is 9.59 Å². The minimum atomic E-state index is -0.620. The van der Waals surface area contributed by atoms with Gasteiger partial charge in [-0.3, -0.25) is 4.79 Å². The molecule has 0 aromatic heterocycles. The largest absolute Gasteiger partial charge is 0.492 e. The van der Waals surface area contributed by atoms with Crippen molar-refractivity contribution >= 4 is 57.5 Å². The molecular weight excluding hydrogens is 483 g/mol. The molecule has 0 fully saturated rings. The van der Waals surface area contributed by atoms with Crippen molar-refractivity contribution < 1.29 is 19.1 Å². The van der Waals surface area contributed by atoms with Crippen molar-refractivity contribution in [2.24, 2.45) is 4.99 Å². The lowest BCUT2D eigenvalue weighted by molar-refractivity contribution is -0.111. The van der Waals surface area contributed by atoms with Crippen LogP contribution in [0.2, 0.25) is 5.02 Å². The van der Waals surface area contributed by atoms with Gasteiger partial charge in [0.2, 0.25) is 0 Å². The summed E-state index contributed by atoms with van der Waals surface area (Å²) < 4.78 is 11.8. The third-order valence-electron chi connectivity index (χ3n) is 3.88. The second kappa shape index (κ2) is 8.26. The Kier molecular flexibility index (Phi) is 6.01. The molecule has 8 heteroatoms. The fourth-order valence-corrected chi connectivity index (χ4v) is 3.84. The number of amides is 3. The number of carbonyl (C=O) groups excluding carboxylic acids is 2. The average Bonchev–Trinajstić information content (AvgIpc) is 2.88. The van der Waals surface area contributed by atoms with E-state index < -0.39 is 11.9 Å². The predicted octanol–water partition coefficient (Wildman–Crippen LogP) is 4.50. The number of hydrogen-bond acceptors (Lipinski definition) is 4. The van der Waals surface area contributed by atoms with Gasteiger partial charge in [-0.05, 0) is 65.4 Å². The maximum atomic E-state index is 12.7. The van der Waals surface area contributed by atoms with Crippen LogP contribution in [0.15, 0.2) is 41.4 Å². The molecule has 2 aromatic carbocycles. The Hall–Kier alpha value is -2.13. The summed E-state index contributed by atoms with van der Waals surface area (Å²) in [6.07, 6.45) is 0.210. The van der Waals surface area contributed by atoms with Crippen LogP contribution in [0.1, 0.15) is 12.5 Å². The van der Waals surface area contributed by atoms with Gasteiger partial charge in [-0.1, -0.05) is 17.7 Å². The SMILES string of the molecule is CCOc1cc(CC2=NC(=O)N(c3cccc(Cl)c3)C2=O)cc(I)c1OC. The lowest BCUT2D eigenvalue weighted by Crippen LogP contribution is -2.33. The Morgan fingerprint density at radius 1 is 1.22 bits per heavy atom. The number of ether oxygens (including phenoxy) is 2. The van der Waals surface area contributed by atoms with E-state index >= 15 is 0 Å². The van der Waals surface area contributed by atoms with Crippen molar-refractivity contribution in [1.82, 2.24) is 0 Å². The fourth-order valence-electron chi connectivity index (χ4n) is 2.77. The molecule has 0 N–H and O–H groups in total. The van der Waals surface area contributed by atoms with E-state index in [2.05, 4.69) is 27.6 Å². The quantitative estimate of drug-likeness (QED) is 0.550. The number of methoxy groups -OCH3 is 1. The van der Waals surface area contributed by atoms with Crippen molar-refractivity contribution in [1.29, 1.82) is 0 Å². The summed E-state index contributed by atoms with van der Waals surface area (Å²) in [4.78, 5) is 29.9. The van der Waals surface area contributed by atoms with Gasteiger partial charge in [-0.25, -0.2) is 9.69 Å². The average molecular weight is 499 g/mol. The lowest BCUT2D eigenvalue weighted by atomic mass is 10.1. The van der Waals surface area contributed by atoms with Gasteiger partial charge in [0.05, 0.1) is 23.0 Å². The maximum Gasteiger partial charge on any atom is 0.355 e. The van der Waals surface area contributed by atoms with Crippen molar-refractivity contribution in [3.8, 4) is 11.5 Å². The normalized spacial score (nSPS) is 13.8. The number of nitrogens with zero attached hydrogens (tertiary/aromatic N) is 2. The number of imide groups is 1. The summed E-state index contributed by atoms with van der Waals surface area (Å²) in [7, 11) is 1.58. The summed E-state index contributed by atoms with van der Waals surface area (Å²) >= 11 is 8.11. The molecule has 0 atom stereocenters. The first kappa shape index (κ1) is 19.6. The van der Waals surface area contributed by atoms with Crippen LogP contribution < -0.4 is 14.4 Å². The molecule has 3 rings (SSSR count). The molecule has 0 spiro atoms. The topological polar surface area (TPSA) is 68.2 Å². The Morgan fingerprint density at radius 3 is 2.67 bits per heavy atom. The summed E-state index contributed by atoms with van der Waals surface area (Å²) in [6, 6.07) is 9.61. The van der Waals surface area contributed by atoms with Crippen LogP contribution in [0.25, 0.3) is 0 Å². The van der Waals surface area contributed by atoms with Crippen molar-refractivity contribution in [2.45, 2.75) is 13.3 Å². The first-order valence-corrected chi connectivity index (χ1v) is 9.61. The zero-order chi connectivity index (χ0) is 19.6. The Bertz CT molecular complexity index is 945.